The smallest absolute Gasteiger partial charge is 0.306 e. The highest BCUT2D eigenvalue weighted by Gasteiger charge is 2.25. The van der Waals surface area contributed by atoms with Gasteiger partial charge in [0.15, 0.2) is 0 Å². The van der Waals surface area contributed by atoms with E-state index in [1.807, 2.05) is 37.3 Å². The van der Waals surface area contributed by atoms with Crippen molar-refractivity contribution in [1.82, 2.24) is 4.90 Å². The van der Waals surface area contributed by atoms with Gasteiger partial charge in [0.25, 0.3) is 0 Å². The van der Waals surface area contributed by atoms with Crippen molar-refractivity contribution in [1.29, 1.82) is 0 Å². The van der Waals surface area contributed by atoms with Crippen molar-refractivity contribution in [3.63, 3.8) is 0 Å². The van der Waals surface area contributed by atoms with Crippen LogP contribution >= 0.6 is 0 Å². The molecule has 0 spiro atoms. The molecule has 0 fully saturated rings. The fraction of sp³-hybridized carbons (Fsp3) is 0.321. The quantitative estimate of drug-likeness (QED) is 0.453. The van der Waals surface area contributed by atoms with E-state index in [-0.39, 0.29) is 11.9 Å². The van der Waals surface area contributed by atoms with E-state index >= 15 is 0 Å². The summed E-state index contributed by atoms with van der Waals surface area (Å²) in [7, 11) is 1.69. The number of hydrogen-bond donors (Lipinski definition) is 0. The molecule has 3 aromatic rings. The predicted molar refractivity (Wildman–Crippen MR) is 127 cm³/mol. The largest absolute Gasteiger partial charge is 0.497 e. The number of carbonyl (C=O) groups excluding carboxylic acids is 1. The molecule has 0 amide bonds. The molecular weight excluding hydrogens is 398 g/mol. The SMILES string of the molecule is CCOC(=O)CC(c1ccccc1)c1cccc2c1CCN(Cc1ccc(OC)cc1)C2. The average Bonchev–Trinajstić information content (AvgIpc) is 2.83. The third kappa shape index (κ3) is 5.20. The zero-order valence-electron chi connectivity index (χ0n) is 18.9. The van der Waals surface area contributed by atoms with Crippen molar-refractivity contribution < 1.29 is 14.3 Å². The number of nitrogens with zero attached hydrogens (tertiary/aromatic N) is 1. The van der Waals surface area contributed by atoms with Crippen LogP contribution in [0, 0.1) is 0 Å². The average molecular weight is 430 g/mol. The van der Waals surface area contributed by atoms with Crippen LogP contribution in [0.15, 0.2) is 72.8 Å². The van der Waals surface area contributed by atoms with Gasteiger partial charge in [0.1, 0.15) is 5.75 Å². The molecule has 3 aromatic carbocycles. The highest BCUT2D eigenvalue weighted by Crippen LogP contribution is 2.35. The Morgan fingerprint density at radius 3 is 2.50 bits per heavy atom. The molecule has 1 atom stereocenters. The molecule has 0 aromatic heterocycles. The van der Waals surface area contributed by atoms with Crippen molar-refractivity contribution in [3.05, 3.63) is 101 Å². The van der Waals surface area contributed by atoms with Gasteiger partial charge < -0.3 is 9.47 Å². The molecule has 166 valence electrons. The van der Waals surface area contributed by atoms with Gasteiger partial charge in [-0.25, -0.2) is 0 Å². The van der Waals surface area contributed by atoms with E-state index in [1.165, 1.54) is 22.3 Å². The second-order valence-electron chi connectivity index (χ2n) is 8.27. The molecule has 0 bridgehead atoms. The maximum atomic E-state index is 12.4. The number of esters is 1. The number of carbonyl (C=O) groups is 1. The van der Waals surface area contributed by atoms with Gasteiger partial charge >= 0.3 is 5.97 Å². The number of benzene rings is 3. The molecule has 0 N–H and O–H groups in total. The first-order chi connectivity index (χ1) is 15.7. The molecule has 32 heavy (non-hydrogen) atoms. The van der Waals surface area contributed by atoms with Gasteiger partial charge in [-0.3, -0.25) is 9.69 Å². The summed E-state index contributed by atoms with van der Waals surface area (Å²) in [6, 6.07) is 25.2. The molecule has 0 aliphatic carbocycles. The van der Waals surface area contributed by atoms with Gasteiger partial charge in [-0.2, -0.15) is 0 Å². The van der Waals surface area contributed by atoms with Crippen molar-refractivity contribution in [2.24, 2.45) is 0 Å². The van der Waals surface area contributed by atoms with Gasteiger partial charge in [-0.15, -0.1) is 0 Å². The summed E-state index contributed by atoms with van der Waals surface area (Å²) in [6.07, 6.45) is 1.34. The zero-order valence-corrected chi connectivity index (χ0v) is 18.9. The first-order valence-corrected chi connectivity index (χ1v) is 11.3. The summed E-state index contributed by atoms with van der Waals surface area (Å²) in [6.45, 7) is 5.09. The summed E-state index contributed by atoms with van der Waals surface area (Å²) in [5.41, 5.74) is 6.44. The van der Waals surface area contributed by atoms with Crippen molar-refractivity contribution in [2.45, 2.75) is 38.8 Å². The first kappa shape index (κ1) is 22.1. The lowest BCUT2D eigenvalue weighted by Crippen LogP contribution is -2.31. The Morgan fingerprint density at radius 1 is 1.00 bits per heavy atom. The van der Waals surface area contributed by atoms with Crippen molar-refractivity contribution >= 4 is 5.97 Å². The molecule has 1 aliphatic heterocycles. The Morgan fingerprint density at radius 2 is 1.78 bits per heavy atom. The highest BCUT2D eigenvalue weighted by molar-refractivity contribution is 5.71. The lowest BCUT2D eigenvalue weighted by atomic mass is 9.82. The van der Waals surface area contributed by atoms with E-state index in [2.05, 4.69) is 47.4 Å². The third-order valence-electron chi connectivity index (χ3n) is 6.20. The van der Waals surface area contributed by atoms with E-state index in [0.717, 1.165) is 37.4 Å². The van der Waals surface area contributed by atoms with Gasteiger partial charge in [0.2, 0.25) is 0 Å². The molecule has 1 heterocycles. The minimum atomic E-state index is -0.143. The lowest BCUT2D eigenvalue weighted by molar-refractivity contribution is -0.143. The highest BCUT2D eigenvalue weighted by atomic mass is 16.5. The van der Waals surface area contributed by atoms with Crippen LogP contribution in [0.4, 0.5) is 0 Å². The summed E-state index contributed by atoms with van der Waals surface area (Å²) >= 11 is 0. The number of ether oxygens (including phenoxy) is 2. The van der Waals surface area contributed by atoms with Crippen LogP contribution in [0.25, 0.3) is 0 Å². The molecule has 4 heteroatoms. The fourth-order valence-electron chi connectivity index (χ4n) is 4.63. The molecule has 0 saturated carbocycles. The number of hydrogen-bond acceptors (Lipinski definition) is 4. The Balaban J connectivity index is 1.57. The van der Waals surface area contributed by atoms with Crippen LogP contribution in [0.3, 0.4) is 0 Å². The standard InChI is InChI=1S/C28H31NO3/c1-3-32-28(30)18-27(22-8-5-4-6-9-22)26-11-7-10-23-20-29(17-16-25(23)26)19-21-12-14-24(31-2)15-13-21/h4-15,27H,3,16-20H2,1-2H3. The van der Waals surface area contributed by atoms with Crippen LogP contribution < -0.4 is 4.74 Å². The molecule has 0 radical (unpaired) electrons. The Kier molecular flexibility index (Phi) is 7.23. The van der Waals surface area contributed by atoms with E-state index in [9.17, 15) is 4.79 Å². The second-order valence-corrected chi connectivity index (χ2v) is 8.27. The Hall–Kier alpha value is -3.11. The van der Waals surface area contributed by atoms with Crippen LogP contribution in [0.5, 0.6) is 5.75 Å². The number of methoxy groups -OCH3 is 1. The summed E-state index contributed by atoms with van der Waals surface area (Å²) in [5, 5.41) is 0. The Bertz CT molecular complexity index is 1030. The van der Waals surface area contributed by atoms with Crippen LogP contribution in [-0.2, 0) is 29.0 Å². The van der Waals surface area contributed by atoms with Crippen molar-refractivity contribution in [3.8, 4) is 5.75 Å². The predicted octanol–water partition coefficient (Wildman–Crippen LogP) is 5.34. The number of fused-ring (bicyclic) bond motifs is 1. The van der Waals surface area contributed by atoms with Gasteiger partial charge in [0.05, 0.1) is 20.1 Å². The van der Waals surface area contributed by atoms with Crippen LogP contribution in [0.1, 0.15) is 47.1 Å². The molecule has 1 unspecified atom stereocenters. The van der Waals surface area contributed by atoms with Crippen LogP contribution in [0.2, 0.25) is 0 Å². The third-order valence-corrected chi connectivity index (χ3v) is 6.20. The summed E-state index contributed by atoms with van der Waals surface area (Å²) < 4.78 is 10.6. The minimum absolute atomic E-state index is 0.0124. The fourth-order valence-corrected chi connectivity index (χ4v) is 4.63. The molecule has 4 nitrogen and oxygen atoms in total. The van der Waals surface area contributed by atoms with Gasteiger partial charge in [0, 0.05) is 25.6 Å². The van der Waals surface area contributed by atoms with E-state index in [0.29, 0.717) is 13.0 Å². The second kappa shape index (κ2) is 10.5. The van der Waals surface area contributed by atoms with E-state index in [1.54, 1.807) is 7.11 Å². The van der Waals surface area contributed by atoms with E-state index < -0.39 is 0 Å². The topological polar surface area (TPSA) is 38.8 Å². The monoisotopic (exact) mass is 429 g/mol. The van der Waals surface area contributed by atoms with Gasteiger partial charge in [-0.05, 0) is 53.3 Å². The lowest BCUT2D eigenvalue weighted by Gasteiger charge is -2.32. The summed E-state index contributed by atoms with van der Waals surface area (Å²) in [4.78, 5) is 14.9. The van der Waals surface area contributed by atoms with Gasteiger partial charge in [-0.1, -0.05) is 60.7 Å². The first-order valence-electron chi connectivity index (χ1n) is 11.3. The molecule has 1 aliphatic rings. The number of rotatable bonds is 8. The molecular formula is C28H31NO3. The normalized spacial score (nSPS) is 14.4. The van der Waals surface area contributed by atoms with E-state index in [4.69, 9.17) is 9.47 Å². The van der Waals surface area contributed by atoms with Crippen molar-refractivity contribution in [2.75, 3.05) is 20.3 Å². The zero-order chi connectivity index (χ0) is 22.3. The molecule has 4 rings (SSSR count). The Labute approximate surface area is 190 Å². The van der Waals surface area contributed by atoms with Crippen LogP contribution in [-0.4, -0.2) is 31.1 Å². The minimum Gasteiger partial charge on any atom is -0.497 e. The maximum Gasteiger partial charge on any atom is 0.306 e. The maximum absolute atomic E-state index is 12.4. The molecule has 0 saturated heterocycles. The summed E-state index contributed by atoms with van der Waals surface area (Å²) in [5.74, 6) is 0.755.